The quantitative estimate of drug-likeness (QED) is 0.637. The Morgan fingerprint density at radius 3 is 1.56 bits per heavy atom. The maximum Gasteiger partial charge on any atom is 0.394 e. The summed E-state index contributed by atoms with van der Waals surface area (Å²) < 4.78 is 61.4. The molecule has 0 heterocycles. The van der Waals surface area contributed by atoms with Crippen LogP contribution in [0.25, 0.3) is 0 Å². The Bertz CT molecular complexity index is 536. The van der Waals surface area contributed by atoms with E-state index in [0.29, 0.717) is 5.56 Å². The third kappa shape index (κ3) is 7.31. The standard InChI is InChI=1S/C7H8O3S.H2O4S/c1-6-4-2-3-5-7(6)11(8,9)10;1-5(2,3)4/h2-5H,1H3,(H,8,9,10);(H2,1,2,3,4). The Morgan fingerprint density at radius 1 is 0.938 bits per heavy atom. The van der Waals surface area contributed by atoms with Gasteiger partial charge in [0.05, 0.1) is 4.90 Å². The van der Waals surface area contributed by atoms with E-state index in [9.17, 15) is 8.42 Å². The summed E-state index contributed by atoms with van der Waals surface area (Å²) in [5.74, 6) is 0. The van der Waals surface area contributed by atoms with Crippen LogP contribution in [0.1, 0.15) is 5.56 Å². The molecule has 0 bridgehead atoms. The molecule has 0 saturated heterocycles. The van der Waals surface area contributed by atoms with Crippen LogP contribution in [0.3, 0.4) is 0 Å². The largest absolute Gasteiger partial charge is 0.394 e. The molecule has 0 atom stereocenters. The highest BCUT2D eigenvalue weighted by Gasteiger charge is 2.10. The van der Waals surface area contributed by atoms with E-state index in [1.165, 1.54) is 6.07 Å². The van der Waals surface area contributed by atoms with Gasteiger partial charge in [-0.2, -0.15) is 16.8 Å². The van der Waals surface area contributed by atoms with Gasteiger partial charge >= 0.3 is 10.4 Å². The lowest BCUT2D eigenvalue weighted by Crippen LogP contribution is -1.99. The highest BCUT2D eigenvalue weighted by atomic mass is 32.3. The first-order chi connectivity index (χ1) is 7.02. The molecule has 1 aromatic rings. The van der Waals surface area contributed by atoms with Crippen molar-refractivity contribution in [3.63, 3.8) is 0 Å². The summed E-state index contributed by atoms with van der Waals surface area (Å²) >= 11 is 0. The second kappa shape index (κ2) is 5.37. The van der Waals surface area contributed by atoms with E-state index >= 15 is 0 Å². The number of rotatable bonds is 1. The second-order valence-corrected chi connectivity index (χ2v) is 4.97. The molecule has 1 aromatic carbocycles. The minimum atomic E-state index is -4.67. The Kier molecular flexibility index (Phi) is 5.03. The summed E-state index contributed by atoms with van der Waals surface area (Å²) in [5.41, 5.74) is 0.551. The van der Waals surface area contributed by atoms with Gasteiger partial charge in [0.2, 0.25) is 0 Å². The number of hydrogen-bond acceptors (Lipinski definition) is 4. The summed E-state index contributed by atoms with van der Waals surface area (Å²) in [6.45, 7) is 1.63. The Balaban J connectivity index is 0.000000385. The van der Waals surface area contributed by atoms with E-state index in [4.69, 9.17) is 22.1 Å². The zero-order chi connectivity index (χ0) is 13.0. The molecule has 92 valence electrons. The van der Waals surface area contributed by atoms with Gasteiger partial charge in [-0.1, -0.05) is 18.2 Å². The predicted octanol–water partition coefficient (Wildman–Crippen LogP) is 0.589. The molecule has 0 aliphatic rings. The van der Waals surface area contributed by atoms with E-state index in [1.54, 1.807) is 25.1 Å². The van der Waals surface area contributed by atoms with Gasteiger partial charge < -0.3 is 0 Å². The zero-order valence-electron chi connectivity index (χ0n) is 8.10. The molecule has 9 heteroatoms. The van der Waals surface area contributed by atoms with E-state index < -0.39 is 20.5 Å². The molecule has 16 heavy (non-hydrogen) atoms. The van der Waals surface area contributed by atoms with Gasteiger partial charge in [0.1, 0.15) is 0 Å². The fourth-order valence-corrected chi connectivity index (χ4v) is 1.57. The van der Waals surface area contributed by atoms with Crippen molar-refractivity contribution in [3.8, 4) is 0 Å². The first kappa shape index (κ1) is 15.0. The van der Waals surface area contributed by atoms with Gasteiger partial charge in [0.15, 0.2) is 0 Å². The minimum absolute atomic E-state index is 0.0278. The van der Waals surface area contributed by atoms with Crippen LogP contribution in [0.2, 0.25) is 0 Å². The van der Waals surface area contributed by atoms with Crippen molar-refractivity contribution >= 4 is 20.5 Å². The van der Waals surface area contributed by atoms with E-state index in [2.05, 4.69) is 0 Å². The smallest absolute Gasteiger partial charge is 0.282 e. The predicted molar refractivity (Wildman–Crippen MR) is 55.2 cm³/mol. The van der Waals surface area contributed by atoms with Crippen LogP contribution in [0.15, 0.2) is 29.2 Å². The van der Waals surface area contributed by atoms with Crippen molar-refractivity contribution in [3.05, 3.63) is 29.8 Å². The molecule has 7 nitrogen and oxygen atoms in total. The summed E-state index contributed by atoms with van der Waals surface area (Å²) in [7, 11) is -8.70. The molecule has 0 unspecified atom stereocenters. The second-order valence-electron chi connectivity index (χ2n) is 2.69. The van der Waals surface area contributed by atoms with Crippen molar-refractivity contribution in [1.82, 2.24) is 0 Å². The molecule has 0 fully saturated rings. The van der Waals surface area contributed by atoms with E-state index in [1.807, 2.05) is 0 Å². The zero-order valence-corrected chi connectivity index (χ0v) is 9.73. The third-order valence-corrected chi connectivity index (χ3v) is 2.39. The van der Waals surface area contributed by atoms with Crippen molar-refractivity contribution in [2.24, 2.45) is 0 Å². The summed E-state index contributed by atoms with van der Waals surface area (Å²) in [6.07, 6.45) is 0. The Hall–Kier alpha value is -1.00. The van der Waals surface area contributed by atoms with Crippen LogP contribution in [0, 0.1) is 6.92 Å². The fourth-order valence-electron chi connectivity index (χ4n) is 0.846. The average Bonchev–Trinajstić information content (AvgIpc) is 1.99. The molecule has 0 radical (unpaired) electrons. The number of aryl methyl sites for hydroxylation is 1. The van der Waals surface area contributed by atoms with Crippen LogP contribution in [0.4, 0.5) is 0 Å². The van der Waals surface area contributed by atoms with Crippen molar-refractivity contribution in [2.45, 2.75) is 11.8 Å². The lowest BCUT2D eigenvalue weighted by atomic mass is 10.2. The lowest BCUT2D eigenvalue weighted by molar-refractivity contribution is 0.381. The monoisotopic (exact) mass is 270 g/mol. The van der Waals surface area contributed by atoms with Crippen LogP contribution in [-0.4, -0.2) is 30.5 Å². The Labute approximate surface area is 93.1 Å². The topological polar surface area (TPSA) is 129 Å². The summed E-state index contributed by atoms with van der Waals surface area (Å²) in [4.78, 5) is -0.0278. The molecular weight excluding hydrogens is 260 g/mol. The van der Waals surface area contributed by atoms with Crippen LogP contribution < -0.4 is 0 Å². The molecule has 0 saturated carbocycles. The summed E-state index contributed by atoms with van der Waals surface area (Å²) in [5, 5.41) is 0. The van der Waals surface area contributed by atoms with Crippen molar-refractivity contribution < 1.29 is 30.5 Å². The van der Waals surface area contributed by atoms with Crippen molar-refractivity contribution in [2.75, 3.05) is 0 Å². The molecule has 0 spiro atoms. The molecule has 0 amide bonds. The summed E-state index contributed by atoms with van der Waals surface area (Å²) in [6, 6.07) is 6.27. The van der Waals surface area contributed by atoms with Gasteiger partial charge in [0, 0.05) is 0 Å². The normalized spacial score (nSPS) is 11.5. The van der Waals surface area contributed by atoms with Gasteiger partial charge in [-0.05, 0) is 18.6 Å². The van der Waals surface area contributed by atoms with Gasteiger partial charge in [-0.25, -0.2) is 0 Å². The highest BCUT2D eigenvalue weighted by molar-refractivity contribution is 7.85. The van der Waals surface area contributed by atoms with E-state index in [0.717, 1.165) is 0 Å². The van der Waals surface area contributed by atoms with Gasteiger partial charge in [0.25, 0.3) is 10.1 Å². The lowest BCUT2D eigenvalue weighted by Gasteiger charge is -1.99. The molecule has 0 aliphatic carbocycles. The number of benzene rings is 1. The molecule has 0 aliphatic heterocycles. The minimum Gasteiger partial charge on any atom is -0.282 e. The van der Waals surface area contributed by atoms with Crippen molar-refractivity contribution in [1.29, 1.82) is 0 Å². The fraction of sp³-hybridized carbons (Fsp3) is 0.143. The van der Waals surface area contributed by atoms with Crippen LogP contribution in [-0.2, 0) is 20.5 Å². The first-order valence-corrected chi connectivity index (χ1v) is 6.58. The van der Waals surface area contributed by atoms with Crippen LogP contribution in [0.5, 0.6) is 0 Å². The van der Waals surface area contributed by atoms with Gasteiger partial charge in [-0.15, -0.1) is 0 Å². The average molecular weight is 270 g/mol. The molecular formula is C7H10O7S2. The van der Waals surface area contributed by atoms with E-state index in [-0.39, 0.29) is 4.90 Å². The molecule has 1 rings (SSSR count). The number of hydrogen-bond donors (Lipinski definition) is 3. The van der Waals surface area contributed by atoms with Crippen LogP contribution >= 0.6 is 0 Å². The highest BCUT2D eigenvalue weighted by Crippen LogP contribution is 2.12. The first-order valence-electron chi connectivity index (χ1n) is 3.75. The maximum atomic E-state index is 10.6. The van der Waals surface area contributed by atoms with Gasteiger partial charge in [-0.3, -0.25) is 13.7 Å². The molecule has 3 N–H and O–H groups in total. The maximum absolute atomic E-state index is 10.6. The Morgan fingerprint density at radius 2 is 1.31 bits per heavy atom. The molecule has 0 aromatic heterocycles. The third-order valence-electron chi connectivity index (χ3n) is 1.37. The SMILES string of the molecule is Cc1ccccc1S(=O)(=O)O.O=S(=O)(O)O.